The highest BCUT2D eigenvalue weighted by Gasteiger charge is 2.62. The minimum Gasteiger partial charge on any atom is -0.385 e. The Hall–Kier alpha value is -2.15. The summed E-state index contributed by atoms with van der Waals surface area (Å²) in [6.07, 6.45) is 5.87. The molecule has 0 saturated heterocycles. The van der Waals surface area contributed by atoms with Crippen LogP contribution in [0.5, 0.6) is 0 Å². The maximum absolute atomic E-state index is 12.4. The van der Waals surface area contributed by atoms with Gasteiger partial charge >= 0.3 is 0 Å². The van der Waals surface area contributed by atoms with Crippen molar-refractivity contribution in [2.75, 3.05) is 0 Å². The molecule has 2 aliphatic rings. The Balaban J connectivity index is 1.33. The van der Waals surface area contributed by atoms with E-state index < -0.39 is 5.60 Å². The lowest BCUT2D eigenvalue weighted by molar-refractivity contribution is 0.0293. The maximum Gasteiger partial charge on any atom is 0.253 e. The number of H-pyrrole nitrogens is 1. The summed E-state index contributed by atoms with van der Waals surface area (Å²) in [5, 5.41) is 23.1. The van der Waals surface area contributed by atoms with Gasteiger partial charge in [-0.25, -0.2) is 0 Å². The van der Waals surface area contributed by atoms with Gasteiger partial charge in [-0.3, -0.25) is 14.9 Å². The van der Waals surface area contributed by atoms with Crippen LogP contribution in [0.4, 0.5) is 0 Å². The molecule has 138 valence electrons. The van der Waals surface area contributed by atoms with Crippen LogP contribution >= 0.6 is 23.2 Å². The molecule has 0 bridgehead atoms. The second-order valence-corrected chi connectivity index (χ2v) is 8.32. The van der Waals surface area contributed by atoms with Gasteiger partial charge in [0.2, 0.25) is 0 Å². The predicted octanol–water partition coefficient (Wildman–Crippen LogP) is 3.29. The van der Waals surface area contributed by atoms with Crippen molar-refractivity contribution in [3.05, 3.63) is 58.0 Å². The number of aromatic nitrogens is 3. The summed E-state index contributed by atoms with van der Waals surface area (Å²) in [5.41, 5.74) is 1.10. The lowest BCUT2D eigenvalue weighted by Crippen LogP contribution is -2.33. The average molecular weight is 403 g/mol. The standard InChI is InChI=1S/C19H16Cl2N4O2/c20-10-2-15(14-8-23-25-16(14)3-10)19(27)4-12-13(5-19)17(12)24-18(26)9-1-11(21)7-22-6-9/h1-3,6-8,12-13,17,27H,4-5H2,(H,23,25)(H,24,26)/t12-,13+,17+,19-. The molecule has 2 fully saturated rings. The Kier molecular flexibility index (Phi) is 3.73. The summed E-state index contributed by atoms with van der Waals surface area (Å²) in [7, 11) is 0. The number of nitrogens with one attached hydrogen (secondary N) is 2. The normalized spacial score (nSPS) is 28.9. The molecule has 0 radical (unpaired) electrons. The number of aromatic amines is 1. The van der Waals surface area contributed by atoms with Crippen molar-refractivity contribution in [1.82, 2.24) is 20.5 Å². The third kappa shape index (κ3) is 2.79. The number of amides is 1. The smallest absolute Gasteiger partial charge is 0.253 e. The van der Waals surface area contributed by atoms with Crippen molar-refractivity contribution >= 4 is 40.0 Å². The van der Waals surface area contributed by atoms with Crippen LogP contribution in [-0.4, -0.2) is 32.2 Å². The Morgan fingerprint density at radius 1 is 1.15 bits per heavy atom. The number of fused-ring (bicyclic) bond motifs is 2. The second kappa shape index (κ2) is 5.92. The van der Waals surface area contributed by atoms with Crippen LogP contribution in [-0.2, 0) is 5.60 Å². The number of hydrogen-bond acceptors (Lipinski definition) is 4. The molecule has 4 atom stereocenters. The number of benzene rings is 1. The van der Waals surface area contributed by atoms with Gasteiger partial charge in [-0.15, -0.1) is 0 Å². The molecule has 3 aromatic rings. The molecule has 3 N–H and O–H groups in total. The van der Waals surface area contributed by atoms with E-state index in [9.17, 15) is 9.90 Å². The van der Waals surface area contributed by atoms with Crippen LogP contribution in [0, 0.1) is 11.8 Å². The van der Waals surface area contributed by atoms with Gasteiger partial charge in [0, 0.05) is 28.8 Å². The zero-order chi connectivity index (χ0) is 18.8. The quantitative estimate of drug-likeness (QED) is 0.626. The lowest BCUT2D eigenvalue weighted by atomic mass is 9.86. The summed E-state index contributed by atoms with van der Waals surface area (Å²) >= 11 is 12.1. The van der Waals surface area contributed by atoms with Gasteiger partial charge in [0.15, 0.2) is 0 Å². The van der Waals surface area contributed by atoms with E-state index in [2.05, 4.69) is 20.5 Å². The molecule has 0 unspecified atom stereocenters. The number of nitrogens with zero attached hydrogens (tertiary/aromatic N) is 2. The number of pyridine rings is 1. The van der Waals surface area contributed by atoms with Gasteiger partial charge in [0.1, 0.15) is 0 Å². The first kappa shape index (κ1) is 17.0. The summed E-state index contributed by atoms with van der Waals surface area (Å²) < 4.78 is 0. The molecule has 27 heavy (non-hydrogen) atoms. The topological polar surface area (TPSA) is 90.9 Å². The molecule has 6 nitrogen and oxygen atoms in total. The number of carbonyl (C=O) groups is 1. The number of carbonyl (C=O) groups excluding carboxylic acids is 1. The molecule has 8 heteroatoms. The Labute approximate surface area is 164 Å². The van der Waals surface area contributed by atoms with Gasteiger partial charge in [0.25, 0.3) is 5.91 Å². The Morgan fingerprint density at radius 3 is 2.67 bits per heavy atom. The van der Waals surface area contributed by atoms with Crippen LogP contribution in [0.1, 0.15) is 28.8 Å². The van der Waals surface area contributed by atoms with Crippen LogP contribution in [0.15, 0.2) is 36.8 Å². The zero-order valence-corrected chi connectivity index (χ0v) is 15.6. The fraction of sp³-hybridized carbons (Fsp3) is 0.316. The molecule has 2 saturated carbocycles. The van der Waals surface area contributed by atoms with Crippen LogP contribution in [0.25, 0.3) is 10.9 Å². The van der Waals surface area contributed by atoms with Gasteiger partial charge < -0.3 is 10.4 Å². The minimum absolute atomic E-state index is 0.0655. The van der Waals surface area contributed by atoms with Crippen molar-refractivity contribution in [2.45, 2.75) is 24.5 Å². The number of aliphatic hydroxyl groups is 1. The van der Waals surface area contributed by atoms with Crippen LogP contribution in [0.2, 0.25) is 10.0 Å². The number of rotatable bonds is 3. The van der Waals surface area contributed by atoms with E-state index in [1.54, 1.807) is 18.3 Å². The molecule has 1 amide bonds. The van der Waals surface area contributed by atoms with Crippen molar-refractivity contribution < 1.29 is 9.90 Å². The first-order valence-electron chi connectivity index (χ1n) is 8.71. The van der Waals surface area contributed by atoms with Gasteiger partial charge in [-0.2, -0.15) is 5.10 Å². The minimum atomic E-state index is -0.957. The van der Waals surface area contributed by atoms with E-state index in [-0.39, 0.29) is 23.8 Å². The van der Waals surface area contributed by atoms with Crippen molar-refractivity contribution in [3.8, 4) is 0 Å². The average Bonchev–Trinajstić information content (AvgIpc) is 3.01. The Morgan fingerprint density at radius 2 is 1.93 bits per heavy atom. The summed E-state index contributed by atoms with van der Waals surface area (Å²) in [6, 6.07) is 5.28. The molecular formula is C19H16Cl2N4O2. The number of hydrogen-bond donors (Lipinski definition) is 3. The molecule has 2 heterocycles. The van der Waals surface area contributed by atoms with Crippen molar-refractivity contribution in [1.29, 1.82) is 0 Å². The van der Waals surface area contributed by atoms with E-state index in [1.807, 2.05) is 6.07 Å². The summed E-state index contributed by atoms with van der Waals surface area (Å²) in [6.45, 7) is 0. The molecule has 2 aliphatic carbocycles. The van der Waals surface area contributed by atoms with E-state index in [1.165, 1.54) is 12.4 Å². The second-order valence-electron chi connectivity index (χ2n) is 7.44. The molecule has 5 rings (SSSR count). The van der Waals surface area contributed by atoms with E-state index in [0.29, 0.717) is 28.5 Å². The number of halogens is 2. The van der Waals surface area contributed by atoms with E-state index >= 15 is 0 Å². The van der Waals surface area contributed by atoms with Crippen molar-refractivity contribution in [2.24, 2.45) is 11.8 Å². The molecule has 2 aromatic heterocycles. The molecule has 1 aromatic carbocycles. The largest absolute Gasteiger partial charge is 0.385 e. The van der Waals surface area contributed by atoms with Gasteiger partial charge in [-0.1, -0.05) is 23.2 Å². The third-order valence-corrected chi connectivity index (χ3v) is 6.19. The monoisotopic (exact) mass is 402 g/mol. The summed E-state index contributed by atoms with van der Waals surface area (Å²) in [4.78, 5) is 16.3. The third-order valence-electron chi connectivity index (χ3n) is 5.77. The predicted molar refractivity (Wildman–Crippen MR) is 102 cm³/mol. The van der Waals surface area contributed by atoms with E-state index in [0.717, 1.165) is 16.5 Å². The fourth-order valence-electron chi connectivity index (χ4n) is 4.47. The van der Waals surface area contributed by atoms with Crippen LogP contribution in [0.3, 0.4) is 0 Å². The molecule has 0 aliphatic heterocycles. The van der Waals surface area contributed by atoms with Crippen LogP contribution < -0.4 is 5.32 Å². The highest BCUT2D eigenvalue weighted by atomic mass is 35.5. The lowest BCUT2D eigenvalue weighted by Gasteiger charge is -2.27. The molecular weight excluding hydrogens is 387 g/mol. The zero-order valence-electron chi connectivity index (χ0n) is 14.1. The highest BCUT2D eigenvalue weighted by Crippen LogP contribution is 2.60. The highest BCUT2D eigenvalue weighted by molar-refractivity contribution is 6.31. The van der Waals surface area contributed by atoms with Crippen molar-refractivity contribution in [3.63, 3.8) is 0 Å². The first-order chi connectivity index (χ1) is 12.9. The fourth-order valence-corrected chi connectivity index (χ4v) is 4.86. The Bertz CT molecular complexity index is 1050. The van der Waals surface area contributed by atoms with Gasteiger partial charge in [0.05, 0.1) is 27.9 Å². The molecule has 0 spiro atoms. The van der Waals surface area contributed by atoms with Gasteiger partial charge in [-0.05, 0) is 48.4 Å². The SMILES string of the molecule is O=C(N[C@H]1[C@@H]2C[C@](O)(c3cc(Cl)cc4[nH]ncc34)C[C@@H]21)c1cncc(Cl)c1. The summed E-state index contributed by atoms with van der Waals surface area (Å²) in [5.74, 6) is 0.298. The van der Waals surface area contributed by atoms with E-state index in [4.69, 9.17) is 23.2 Å². The first-order valence-corrected chi connectivity index (χ1v) is 9.47. The maximum atomic E-state index is 12.4.